The molecule has 0 amide bonds. The Hall–Kier alpha value is -3.57. The molecule has 3 aromatic rings. The van der Waals surface area contributed by atoms with Crippen LogP contribution in [0.3, 0.4) is 0 Å². The van der Waals surface area contributed by atoms with E-state index in [2.05, 4.69) is 0 Å². The Labute approximate surface area is 189 Å². The maximum atomic E-state index is 14.1. The van der Waals surface area contributed by atoms with Gasteiger partial charge in [-0.2, -0.15) is 0 Å². The molecule has 1 saturated heterocycles. The number of sulfonamides is 1. The fourth-order valence-electron chi connectivity index (χ4n) is 4.21. The first-order valence-electron chi connectivity index (χ1n) is 10.6. The zero-order chi connectivity index (χ0) is 22.1. The van der Waals surface area contributed by atoms with E-state index in [1.54, 1.807) is 12.1 Å². The Morgan fingerprint density at radius 2 is 1.31 bits per heavy atom. The van der Waals surface area contributed by atoms with Crippen LogP contribution in [0.2, 0.25) is 0 Å². The highest BCUT2D eigenvalue weighted by atomic mass is 32.2. The second-order valence-electron chi connectivity index (χ2n) is 7.95. The zero-order valence-electron chi connectivity index (χ0n) is 17.7. The minimum atomic E-state index is -3.87. The fourth-order valence-corrected chi connectivity index (χ4v) is 5.83. The molecule has 5 rings (SSSR count). The van der Waals surface area contributed by atoms with Crippen molar-refractivity contribution in [3.63, 3.8) is 0 Å². The molecule has 2 aliphatic rings. The van der Waals surface area contributed by atoms with E-state index in [9.17, 15) is 8.42 Å². The van der Waals surface area contributed by atoms with Gasteiger partial charge in [0.05, 0.1) is 4.90 Å². The number of nitrogens with zero attached hydrogens (tertiary/aromatic N) is 2. The molecule has 32 heavy (non-hydrogen) atoms. The molecule has 0 aromatic heterocycles. The van der Waals surface area contributed by atoms with Crippen LogP contribution in [0.5, 0.6) is 0 Å². The number of aryl methyl sites for hydroxylation is 1. The van der Waals surface area contributed by atoms with Gasteiger partial charge in [0, 0.05) is 6.04 Å². The van der Waals surface area contributed by atoms with E-state index in [1.807, 2.05) is 104 Å². The highest BCUT2D eigenvalue weighted by molar-refractivity contribution is 7.89. The lowest BCUT2D eigenvalue weighted by Crippen LogP contribution is -2.31. The van der Waals surface area contributed by atoms with Crippen LogP contribution in [0.1, 0.15) is 28.8 Å². The first kappa shape index (κ1) is 20.3. The summed E-state index contributed by atoms with van der Waals surface area (Å²) in [6.45, 7) is 1.95. The minimum Gasteiger partial charge on any atom is -0.456 e. The van der Waals surface area contributed by atoms with Gasteiger partial charge in [-0.05, 0) is 47.6 Å². The second-order valence-corrected chi connectivity index (χ2v) is 9.77. The first-order valence-corrected chi connectivity index (χ1v) is 12.0. The van der Waals surface area contributed by atoms with Crippen molar-refractivity contribution in [1.82, 2.24) is 4.31 Å². The summed E-state index contributed by atoms with van der Waals surface area (Å²) in [5, 5.41) is 5.01. The fraction of sp³-hybridized carbons (Fsp3) is 0.111. The molecule has 0 spiro atoms. The molecule has 0 radical (unpaired) electrons. The van der Waals surface area contributed by atoms with Crippen molar-refractivity contribution < 1.29 is 8.42 Å². The molecule has 3 aromatic carbocycles. The van der Waals surface area contributed by atoms with E-state index >= 15 is 0 Å². The van der Waals surface area contributed by atoms with Crippen molar-refractivity contribution in [2.75, 3.05) is 0 Å². The average molecular weight is 440 g/mol. The van der Waals surface area contributed by atoms with Crippen LogP contribution in [-0.4, -0.2) is 12.7 Å². The number of hydrogen-bond donors (Lipinski definition) is 0. The highest BCUT2D eigenvalue weighted by Crippen LogP contribution is 2.54. The molecule has 0 bridgehead atoms. The van der Waals surface area contributed by atoms with E-state index in [-0.39, 0.29) is 10.9 Å². The summed E-state index contributed by atoms with van der Waals surface area (Å²) in [5.74, 6) is 0.471. The van der Waals surface area contributed by atoms with Crippen molar-refractivity contribution in [2.45, 2.75) is 23.9 Å². The van der Waals surface area contributed by atoms with E-state index in [0.717, 1.165) is 22.3 Å². The quantitative estimate of drug-likeness (QED) is 0.486. The number of rotatable bonds is 4. The van der Waals surface area contributed by atoms with Crippen LogP contribution < -0.4 is 0 Å². The lowest BCUT2D eigenvalue weighted by Gasteiger charge is -2.37. The van der Waals surface area contributed by atoms with Crippen molar-refractivity contribution in [3.8, 4) is 0 Å². The van der Waals surface area contributed by atoms with Crippen LogP contribution in [0.4, 0.5) is 0 Å². The summed E-state index contributed by atoms with van der Waals surface area (Å²) in [6, 6.07) is 25.8. The van der Waals surface area contributed by atoms with Crippen LogP contribution >= 0.6 is 0 Å². The molecule has 5 heteroatoms. The Bertz CT molecular complexity index is 1300. The van der Waals surface area contributed by atoms with Gasteiger partial charge in [-0.3, -0.25) is 0 Å². The third-order valence-corrected chi connectivity index (χ3v) is 7.59. The molecular formula is C27H23N2O2S-. The predicted octanol–water partition coefficient (Wildman–Crippen LogP) is 6.19. The van der Waals surface area contributed by atoms with Crippen molar-refractivity contribution >= 4 is 10.0 Å². The topological polar surface area (TPSA) is 51.5 Å². The minimum absolute atomic E-state index is 0.261. The zero-order valence-corrected chi connectivity index (χ0v) is 18.5. The molecular weight excluding hydrogens is 416 g/mol. The number of allylic oxidation sites excluding steroid dienone is 5. The molecule has 2 atom stereocenters. The van der Waals surface area contributed by atoms with Gasteiger partial charge in [-0.25, -0.2) is 8.42 Å². The average Bonchev–Trinajstić information content (AvgIpc) is 3.49. The molecule has 160 valence electrons. The third-order valence-electron chi connectivity index (χ3n) is 5.80. The maximum absolute atomic E-state index is 14.1. The van der Waals surface area contributed by atoms with Crippen molar-refractivity contribution in [3.05, 3.63) is 143 Å². The van der Waals surface area contributed by atoms with E-state index in [1.165, 1.54) is 4.31 Å². The summed E-state index contributed by atoms with van der Waals surface area (Å²) in [7, 11) is -3.87. The Kier molecular flexibility index (Phi) is 5.19. The Balaban J connectivity index is 1.74. The van der Waals surface area contributed by atoms with Crippen LogP contribution in [0.15, 0.2) is 126 Å². The monoisotopic (exact) mass is 439 g/mol. The van der Waals surface area contributed by atoms with Crippen LogP contribution in [0, 0.1) is 6.92 Å². The first-order chi connectivity index (χ1) is 15.6. The lowest BCUT2D eigenvalue weighted by molar-refractivity contribution is 0.408. The summed E-state index contributed by atoms with van der Waals surface area (Å²) < 4.78 is 29.6. The number of hydrogen-bond acceptors (Lipinski definition) is 2. The normalized spacial score (nSPS) is 20.1. The largest absolute Gasteiger partial charge is 0.456 e. The Morgan fingerprint density at radius 1 is 0.750 bits per heavy atom. The van der Waals surface area contributed by atoms with Gasteiger partial charge < -0.3 is 9.62 Å². The molecule has 0 saturated carbocycles. The molecule has 1 aliphatic heterocycles. The van der Waals surface area contributed by atoms with Crippen LogP contribution in [0.25, 0.3) is 5.32 Å². The molecule has 0 N–H and O–H groups in total. The molecule has 0 unspecified atom stereocenters. The molecule has 4 nitrogen and oxygen atoms in total. The van der Waals surface area contributed by atoms with Crippen LogP contribution in [-0.2, 0) is 10.0 Å². The highest BCUT2D eigenvalue weighted by Gasteiger charge is 2.38. The Morgan fingerprint density at radius 3 is 1.91 bits per heavy atom. The summed E-state index contributed by atoms with van der Waals surface area (Å²) in [6.07, 6.45) is 7.63. The smallest absolute Gasteiger partial charge is 0.202 e. The predicted molar refractivity (Wildman–Crippen MR) is 127 cm³/mol. The van der Waals surface area contributed by atoms with Crippen molar-refractivity contribution in [1.29, 1.82) is 0 Å². The summed E-state index contributed by atoms with van der Waals surface area (Å²) >= 11 is 0. The van der Waals surface area contributed by atoms with Gasteiger partial charge in [-0.1, -0.05) is 103 Å². The van der Waals surface area contributed by atoms with Gasteiger partial charge in [0.25, 0.3) is 0 Å². The second kappa shape index (κ2) is 8.17. The summed E-state index contributed by atoms with van der Waals surface area (Å²) in [5.41, 5.74) is 3.69. The summed E-state index contributed by atoms with van der Waals surface area (Å²) in [4.78, 5) is 0.261. The van der Waals surface area contributed by atoms with Gasteiger partial charge >= 0.3 is 0 Å². The van der Waals surface area contributed by atoms with Gasteiger partial charge in [-0.15, -0.1) is 0 Å². The number of benzene rings is 3. The van der Waals surface area contributed by atoms with Crippen molar-refractivity contribution in [2.24, 2.45) is 0 Å². The van der Waals surface area contributed by atoms with E-state index in [0.29, 0.717) is 5.82 Å². The standard InChI is InChI=1S/C27H23N2O2S/c1-20-16-18-24(19-17-20)32(30,31)29-26(22-12-6-3-7-13-22)25(21-10-4-2-5-11-21)28-27(29)23-14-8-9-15-23/h2-19,25-26H,1H3/q-1/t25-,26-/m1/s1. The molecule has 1 fully saturated rings. The van der Waals surface area contributed by atoms with Gasteiger partial charge in [0.2, 0.25) is 10.0 Å². The van der Waals surface area contributed by atoms with E-state index in [4.69, 9.17) is 5.32 Å². The van der Waals surface area contributed by atoms with E-state index < -0.39 is 16.1 Å². The third kappa shape index (κ3) is 3.55. The maximum Gasteiger partial charge on any atom is 0.202 e. The molecule has 1 heterocycles. The SMILES string of the molecule is Cc1ccc(S(=O)(=O)N2C(=C3C=CC=C3)[N-][C@H](c3ccccc3)[C@H]2c2ccccc2)cc1. The molecule has 1 aliphatic carbocycles. The van der Waals surface area contributed by atoms with Gasteiger partial charge in [0.15, 0.2) is 0 Å². The van der Waals surface area contributed by atoms with Gasteiger partial charge in [0.1, 0.15) is 0 Å². The lowest BCUT2D eigenvalue weighted by atomic mass is 9.95.